The minimum Gasteiger partial charge on any atom is -0.452 e. The highest BCUT2D eigenvalue weighted by molar-refractivity contribution is 6.31. The molecular formula is C16H12Cl2N2O5. The van der Waals surface area contributed by atoms with Crippen LogP contribution in [0.25, 0.3) is 0 Å². The van der Waals surface area contributed by atoms with Crippen LogP contribution in [0.15, 0.2) is 42.5 Å². The van der Waals surface area contributed by atoms with Crippen LogP contribution in [0.5, 0.6) is 0 Å². The number of rotatable bonds is 6. The molecule has 0 bridgehead atoms. The maximum absolute atomic E-state index is 11.9. The molecule has 7 nitrogen and oxygen atoms in total. The molecule has 1 N–H and O–H groups in total. The Bertz CT molecular complexity index is 826. The highest BCUT2D eigenvalue weighted by Gasteiger charge is 2.22. The third-order valence-electron chi connectivity index (χ3n) is 3.09. The lowest BCUT2D eigenvalue weighted by molar-refractivity contribution is -0.385. The van der Waals surface area contributed by atoms with Gasteiger partial charge in [-0.3, -0.25) is 14.9 Å². The average Bonchev–Trinajstić information content (AvgIpc) is 2.57. The minimum absolute atomic E-state index is 0.113. The number of hydrogen-bond donors (Lipinski definition) is 1. The molecule has 0 unspecified atom stereocenters. The monoisotopic (exact) mass is 382 g/mol. The molecule has 2 aromatic rings. The summed E-state index contributed by atoms with van der Waals surface area (Å²) >= 11 is 11.5. The first-order valence-corrected chi connectivity index (χ1v) is 7.74. The average molecular weight is 383 g/mol. The molecule has 0 fully saturated rings. The van der Waals surface area contributed by atoms with E-state index in [9.17, 15) is 19.7 Å². The molecule has 0 aliphatic heterocycles. The Kier molecular flexibility index (Phi) is 6.32. The van der Waals surface area contributed by atoms with Gasteiger partial charge in [-0.2, -0.15) is 0 Å². The summed E-state index contributed by atoms with van der Waals surface area (Å²) in [5.74, 6) is -1.54. The molecule has 0 spiro atoms. The van der Waals surface area contributed by atoms with Gasteiger partial charge in [-0.1, -0.05) is 35.3 Å². The zero-order chi connectivity index (χ0) is 18.4. The summed E-state index contributed by atoms with van der Waals surface area (Å²) in [5.41, 5.74) is 0.00870. The summed E-state index contributed by atoms with van der Waals surface area (Å²) in [7, 11) is 0. The van der Waals surface area contributed by atoms with Crippen LogP contribution in [0.4, 0.5) is 5.69 Å². The highest BCUT2D eigenvalue weighted by Crippen LogP contribution is 2.23. The first kappa shape index (κ1) is 18.7. The lowest BCUT2D eigenvalue weighted by Gasteiger charge is -2.07. The Morgan fingerprint density at radius 3 is 2.52 bits per heavy atom. The van der Waals surface area contributed by atoms with Crippen molar-refractivity contribution in [3.63, 3.8) is 0 Å². The summed E-state index contributed by atoms with van der Waals surface area (Å²) in [6, 6.07) is 10.4. The van der Waals surface area contributed by atoms with Crippen LogP contribution in [0.1, 0.15) is 15.9 Å². The molecule has 0 aliphatic rings. The quantitative estimate of drug-likeness (QED) is 0.469. The van der Waals surface area contributed by atoms with Crippen LogP contribution in [-0.4, -0.2) is 23.4 Å². The summed E-state index contributed by atoms with van der Waals surface area (Å²) in [5, 5.41) is 14.2. The second kappa shape index (κ2) is 8.46. The van der Waals surface area contributed by atoms with Gasteiger partial charge in [0, 0.05) is 22.7 Å². The summed E-state index contributed by atoms with van der Waals surface area (Å²) < 4.78 is 4.81. The third kappa shape index (κ3) is 5.44. The van der Waals surface area contributed by atoms with Gasteiger partial charge in [0.1, 0.15) is 5.56 Å². The Hall–Kier alpha value is -2.64. The summed E-state index contributed by atoms with van der Waals surface area (Å²) in [6.07, 6.45) is 0. The van der Waals surface area contributed by atoms with Crippen molar-refractivity contribution in [1.82, 2.24) is 5.32 Å². The van der Waals surface area contributed by atoms with E-state index in [0.717, 1.165) is 11.6 Å². The van der Waals surface area contributed by atoms with E-state index in [2.05, 4.69) is 5.32 Å². The van der Waals surface area contributed by atoms with Crippen molar-refractivity contribution in [2.75, 3.05) is 6.61 Å². The van der Waals surface area contributed by atoms with Gasteiger partial charge in [0.15, 0.2) is 6.61 Å². The molecule has 9 heteroatoms. The van der Waals surface area contributed by atoms with Crippen molar-refractivity contribution >= 4 is 40.8 Å². The van der Waals surface area contributed by atoms with E-state index in [0.29, 0.717) is 5.02 Å². The fourth-order valence-electron chi connectivity index (χ4n) is 1.94. The number of nitrogens with one attached hydrogen (secondary N) is 1. The van der Waals surface area contributed by atoms with Crippen molar-refractivity contribution in [2.45, 2.75) is 6.54 Å². The second-order valence-electron chi connectivity index (χ2n) is 4.90. The molecule has 2 aromatic carbocycles. The zero-order valence-corrected chi connectivity index (χ0v) is 14.2. The topological polar surface area (TPSA) is 98.5 Å². The number of nitrogens with zero attached hydrogens (tertiary/aromatic N) is 1. The standard InChI is InChI=1S/C16H12Cl2N2O5/c17-11-3-1-2-10(6-11)8-19-15(21)9-25-16(22)13-5-4-12(18)7-14(13)20(23)24/h1-7H,8-9H2,(H,19,21). The molecule has 0 saturated heterocycles. The van der Waals surface area contributed by atoms with Crippen LogP contribution in [-0.2, 0) is 16.1 Å². The van der Waals surface area contributed by atoms with E-state index in [4.69, 9.17) is 27.9 Å². The molecule has 25 heavy (non-hydrogen) atoms. The van der Waals surface area contributed by atoms with Gasteiger partial charge in [0.05, 0.1) is 4.92 Å². The fraction of sp³-hybridized carbons (Fsp3) is 0.125. The van der Waals surface area contributed by atoms with Crippen LogP contribution in [0.3, 0.4) is 0 Å². The molecule has 0 aliphatic carbocycles. The lowest BCUT2D eigenvalue weighted by Crippen LogP contribution is -2.28. The SMILES string of the molecule is O=C(COC(=O)c1ccc(Cl)cc1[N+](=O)[O-])NCc1cccc(Cl)c1. The molecule has 0 aromatic heterocycles. The number of ether oxygens (including phenoxy) is 1. The normalized spacial score (nSPS) is 10.2. The minimum atomic E-state index is -0.985. The van der Waals surface area contributed by atoms with Crippen LogP contribution in [0, 0.1) is 10.1 Å². The maximum atomic E-state index is 11.9. The number of carbonyl (C=O) groups is 2. The smallest absolute Gasteiger partial charge is 0.345 e. The molecule has 0 heterocycles. The van der Waals surface area contributed by atoms with Gasteiger partial charge in [-0.25, -0.2) is 4.79 Å². The van der Waals surface area contributed by atoms with Crippen molar-refractivity contribution in [1.29, 1.82) is 0 Å². The second-order valence-corrected chi connectivity index (χ2v) is 5.77. The van der Waals surface area contributed by atoms with Crippen LogP contribution in [0.2, 0.25) is 10.0 Å². The maximum Gasteiger partial charge on any atom is 0.345 e. The number of esters is 1. The van der Waals surface area contributed by atoms with Gasteiger partial charge in [0.25, 0.3) is 11.6 Å². The number of amides is 1. The Labute approximate surface area is 152 Å². The lowest BCUT2D eigenvalue weighted by atomic mass is 10.2. The van der Waals surface area contributed by atoms with Gasteiger partial charge in [-0.05, 0) is 29.8 Å². The molecule has 130 valence electrons. The van der Waals surface area contributed by atoms with E-state index < -0.39 is 29.1 Å². The molecule has 0 saturated carbocycles. The van der Waals surface area contributed by atoms with Crippen LogP contribution < -0.4 is 5.32 Å². The highest BCUT2D eigenvalue weighted by atomic mass is 35.5. The largest absolute Gasteiger partial charge is 0.452 e. The summed E-state index contributed by atoms with van der Waals surface area (Å²) in [4.78, 5) is 33.9. The van der Waals surface area contributed by atoms with Crippen molar-refractivity contribution in [2.24, 2.45) is 0 Å². The van der Waals surface area contributed by atoms with E-state index in [1.165, 1.54) is 12.1 Å². The molecule has 2 rings (SSSR count). The number of nitro groups is 1. The summed E-state index contributed by atoms with van der Waals surface area (Å²) in [6.45, 7) is -0.364. The van der Waals surface area contributed by atoms with Gasteiger partial charge in [0.2, 0.25) is 0 Å². The number of carbonyl (C=O) groups excluding carboxylic acids is 2. The van der Waals surface area contributed by atoms with Crippen molar-refractivity contribution in [3.05, 3.63) is 73.8 Å². The van der Waals surface area contributed by atoms with E-state index in [1.54, 1.807) is 24.3 Å². The number of halogens is 2. The van der Waals surface area contributed by atoms with Crippen molar-refractivity contribution < 1.29 is 19.2 Å². The molecule has 0 radical (unpaired) electrons. The van der Waals surface area contributed by atoms with Gasteiger partial charge < -0.3 is 10.1 Å². The molecule has 1 amide bonds. The zero-order valence-electron chi connectivity index (χ0n) is 12.7. The first-order valence-electron chi connectivity index (χ1n) is 6.99. The van der Waals surface area contributed by atoms with E-state index in [1.807, 2.05) is 0 Å². The third-order valence-corrected chi connectivity index (χ3v) is 3.56. The fourth-order valence-corrected chi connectivity index (χ4v) is 2.32. The number of nitro benzene ring substituents is 1. The Balaban J connectivity index is 1.91. The first-order chi connectivity index (χ1) is 11.9. The number of benzene rings is 2. The van der Waals surface area contributed by atoms with Crippen molar-refractivity contribution in [3.8, 4) is 0 Å². The number of hydrogen-bond acceptors (Lipinski definition) is 5. The van der Waals surface area contributed by atoms with E-state index >= 15 is 0 Å². The van der Waals surface area contributed by atoms with Crippen LogP contribution >= 0.6 is 23.2 Å². The van der Waals surface area contributed by atoms with Gasteiger partial charge >= 0.3 is 5.97 Å². The Morgan fingerprint density at radius 1 is 1.12 bits per heavy atom. The van der Waals surface area contributed by atoms with Gasteiger partial charge in [-0.15, -0.1) is 0 Å². The molecule has 0 atom stereocenters. The van der Waals surface area contributed by atoms with E-state index in [-0.39, 0.29) is 17.1 Å². The predicted octanol–water partition coefficient (Wildman–Crippen LogP) is 3.37. The Morgan fingerprint density at radius 2 is 1.84 bits per heavy atom. The molecular weight excluding hydrogens is 371 g/mol. The predicted molar refractivity (Wildman–Crippen MR) is 91.7 cm³/mol.